The fraction of sp³-hybridized carbons (Fsp3) is 0.357. The molecule has 5 nitrogen and oxygen atoms in total. The maximum absolute atomic E-state index is 11.9. The maximum Gasteiger partial charge on any atom is 0.309 e. The molecular weight excluding hydrogens is 276 g/mol. The number of carboxylic acids is 1. The van der Waals surface area contributed by atoms with Crippen LogP contribution in [-0.4, -0.2) is 22.0 Å². The zero-order valence-corrected chi connectivity index (χ0v) is 12.4. The fourth-order valence-corrected chi connectivity index (χ4v) is 2.67. The summed E-state index contributed by atoms with van der Waals surface area (Å²) in [5, 5.41) is 12.7. The minimum Gasteiger partial charge on any atom is -0.481 e. The molecule has 1 amide bonds. The lowest BCUT2D eigenvalue weighted by molar-refractivity contribution is -0.148. The molecule has 1 heterocycles. The Balaban J connectivity index is 2.11. The number of amides is 1. The lowest BCUT2D eigenvalue weighted by Crippen LogP contribution is -2.29. The number of fused-ring (bicyclic) bond motifs is 1. The van der Waals surface area contributed by atoms with Gasteiger partial charge in [0.25, 0.3) is 0 Å². The monoisotopic (exact) mass is 292 g/mol. The first-order valence-electron chi connectivity index (χ1n) is 6.18. The first kappa shape index (κ1) is 14.5. The van der Waals surface area contributed by atoms with Gasteiger partial charge in [-0.3, -0.25) is 9.59 Å². The highest BCUT2D eigenvalue weighted by atomic mass is 32.1. The highest BCUT2D eigenvalue weighted by molar-refractivity contribution is 7.18. The SMILES string of the molecule is Cc1nc2ccc(NC(=O)CC(C)(C)C(=O)O)cc2s1. The number of thiazole rings is 1. The highest BCUT2D eigenvalue weighted by Gasteiger charge is 2.30. The molecule has 0 aliphatic carbocycles. The molecule has 0 bridgehead atoms. The molecule has 1 aromatic heterocycles. The van der Waals surface area contributed by atoms with E-state index in [4.69, 9.17) is 5.11 Å². The first-order chi connectivity index (χ1) is 9.28. The van der Waals surface area contributed by atoms with Crippen LogP contribution in [0.1, 0.15) is 25.3 Å². The minimum atomic E-state index is -1.07. The van der Waals surface area contributed by atoms with Crippen LogP contribution in [0.5, 0.6) is 0 Å². The van der Waals surface area contributed by atoms with E-state index in [9.17, 15) is 9.59 Å². The van der Waals surface area contributed by atoms with Crippen LogP contribution < -0.4 is 5.32 Å². The van der Waals surface area contributed by atoms with E-state index in [1.165, 1.54) is 13.8 Å². The summed E-state index contributed by atoms with van der Waals surface area (Å²) in [5.74, 6) is -1.29. The molecule has 20 heavy (non-hydrogen) atoms. The largest absolute Gasteiger partial charge is 0.481 e. The van der Waals surface area contributed by atoms with Gasteiger partial charge in [-0.1, -0.05) is 0 Å². The lowest BCUT2D eigenvalue weighted by Gasteiger charge is -2.18. The van der Waals surface area contributed by atoms with Crippen LogP contribution >= 0.6 is 11.3 Å². The molecule has 2 N–H and O–H groups in total. The Hall–Kier alpha value is -1.95. The summed E-state index contributed by atoms with van der Waals surface area (Å²) in [4.78, 5) is 27.2. The number of nitrogens with zero attached hydrogens (tertiary/aromatic N) is 1. The molecule has 1 aromatic carbocycles. The summed E-state index contributed by atoms with van der Waals surface area (Å²) in [5.41, 5.74) is 0.485. The van der Waals surface area contributed by atoms with Crippen molar-refractivity contribution >= 4 is 39.1 Å². The number of nitrogens with one attached hydrogen (secondary N) is 1. The number of anilines is 1. The van der Waals surface area contributed by atoms with Crippen LogP contribution in [-0.2, 0) is 9.59 Å². The van der Waals surface area contributed by atoms with Crippen LogP contribution in [0.3, 0.4) is 0 Å². The Bertz CT molecular complexity index is 676. The van der Waals surface area contributed by atoms with Gasteiger partial charge in [0.2, 0.25) is 5.91 Å². The first-order valence-corrected chi connectivity index (χ1v) is 7.00. The smallest absolute Gasteiger partial charge is 0.309 e. The molecule has 6 heteroatoms. The number of hydrogen-bond acceptors (Lipinski definition) is 4. The van der Waals surface area contributed by atoms with E-state index in [2.05, 4.69) is 10.3 Å². The van der Waals surface area contributed by atoms with E-state index in [-0.39, 0.29) is 12.3 Å². The summed E-state index contributed by atoms with van der Waals surface area (Å²) < 4.78 is 0.998. The van der Waals surface area contributed by atoms with Gasteiger partial charge in [0.15, 0.2) is 0 Å². The van der Waals surface area contributed by atoms with Crippen molar-refractivity contribution in [2.75, 3.05) is 5.32 Å². The van der Waals surface area contributed by atoms with Crippen molar-refractivity contribution in [2.45, 2.75) is 27.2 Å². The van der Waals surface area contributed by atoms with E-state index in [1.807, 2.05) is 19.1 Å². The summed E-state index contributed by atoms with van der Waals surface area (Å²) in [6, 6.07) is 5.47. The predicted molar refractivity (Wildman–Crippen MR) is 79.0 cm³/mol. The minimum absolute atomic E-state index is 0.0674. The van der Waals surface area contributed by atoms with Crippen molar-refractivity contribution in [1.82, 2.24) is 4.98 Å². The zero-order chi connectivity index (χ0) is 14.9. The van der Waals surface area contributed by atoms with E-state index in [0.717, 1.165) is 15.2 Å². The number of aliphatic carboxylic acids is 1. The molecule has 0 saturated heterocycles. The second-order valence-corrected chi connectivity index (χ2v) is 6.56. The molecule has 0 radical (unpaired) electrons. The molecule has 0 aliphatic rings. The van der Waals surface area contributed by atoms with E-state index in [1.54, 1.807) is 17.4 Å². The zero-order valence-electron chi connectivity index (χ0n) is 11.6. The van der Waals surface area contributed by atoms with Crippen molar-refractivity contribution < 1.29 is 14.7 Å². The average molecular weight is 292 g/mol. The molecule has 0 atom stereocenters. The molecule has 2 rings (SSSR count). The number of carbonyl (C=O) groups is 2. The number of hydrogen-bond donors (Lipinski definition) is 2. The molecule has 0 fully saturated rings. The topological polar surface area (TPSA) is 79.3 Å². The van der Waals surface area contributed by atoms with Crippen LogP contribution in [0.25, 0.3) is 10.2 Å². The fourth-order valence-electron chi connectivity index (χ4n) is 1.80. The summed E-state index contributed by atoms with van der Waals surface area (Å²) >= 11 is 1.55. The third-order valence-electron chi connectivity index (χ3n) is 2.96. The van der Waals surface area contributed by atoms with Gasteiger partial charge in [0.1, 0.15) is 0 Å². The quantitative estimate of drug-likeness (QED) is 0.907. The third kappa shape index (κ3) is 3.14. The van der Waals surface area contributed by atoms with Crippen LogP contribution in [0.15, 0.2) is 18.2 Å². The number of aromatic nitrogens is 1. The number of rotatable bonds is 4. The van der Waals surface area contributed by atoms with E-state index in [0.29, 0.717) is 5.69 Å². The Morgan fingerprint density at radius 1 is 1.40 bits per heavy atom. The molecule has 2 aromatic rings. The van der Waals surface area contributed by atoms with Gasteiger partial charge < -0.3 is 10.4 Å². The standard InChI is InChI=1S/C14H16N2O3S/c1-8-15-10-5-4-9(6-11(10)20-8)16-12(17)7-14(2,3)13(18)19/h4-6H,7H2,1-3H3,(H,16,17)(H,18,19). The highest BCUT2D eigenvalue weighted by Crippen LogP contribution is 2.26. The van der Waals surface area contributed by atoms with Crippen molar-refractivity contribution in [3.05, 3.63) is 23.2 Å². The van der Waals surface area contributed by atoms with E-state index < -0.39 is 11.4 Å². The second kappa shape index (κ2) is 5.20. The Labute approximate surface area is 120 Å². The van der Waals surface area contributed by atoms with Gasteiger partial charge in [-0.25, -0.2) is 4.98 Å². The molecular formula is C14H16N2O3S. The summed E-state index contributed by atoms with van der Waals surface area (Å²) in [7, 11) is 0. The van der Waals surface area contributed by atoms with Gasteiger partial charge in [0.05, 0.1) is 20.6 Å². The summed E-state index contributed by atoms with van der Waals surface area (Å²) in [6.07, 6.45) is -0.0674. The number of benzene rings is 1. The van der Waals surface area contributed by atoms with Crippen molar-refractivity contribution in [1.29, 1.82) is 0 Å². The number of carboxylic acid groups (broad SMARTS) is 1. The lowest BCUT2D eigenvalue weighted by atomic mass is 9.89. The van der Waals surface area contributed by atoms with E-state index >= 15 is 0 Å². The van der Waals surface area contributed by atoms with Crippen LogP contribution in [0, 0.1) is 12.3 Å². The molecule has 0 unspecified atom stereocenters. The van der Waals surface area contributed by atoms with Gasteiger partial charge in [0, 0.05) is 12.1 Å². The predicted octanol–water partition coefficient (Wildman–Crippen LogP) is 3.04. The third-order valence-corrected chi connectivity index (χ3v) is 3.89. The van der Waals surface area contributed by atoms with Gasteiger partial charge in [-0.2, -0.15) is 0 Å². The Morgan fingerprint density at radius 2 is 2.10 bits per heavy atom. The Kier molecular flexibility index (Phi) is 3.76. The van der Waals surface area contributed by atoms with Crippen LogP contribution in [0.4, 0.5) is 5.69 Å². The maximum atomic E-state index is 11.9. The molecule has 0 spiro atoms. The van der Waals surface area contributed by atoms with Crippen molar-refractivity contribution in [3.63, 3.8) is 0 Å². The van der Waals surface area contributed by atoms with Crippen molar-refractivity contribution in [2.24, 2.45) is 5.41 Å². The molecule has 0 aliphatic heterocycles. The second-order valence-electron chi connectivity index (χ2n) is 5.33. The number of aryl methyl sites for hydroxylation is 1. The van der Waals surface area contributed by atoms with Crippen molar-refractivity contribution in [3.8, 4) is 0 Å². The molecule has 0 saturated carbocycles. The Morgan fingerprint density at radius 3 is 2.75 bits per heavy atom. The van der Waals surface area contributed by atoms with Gasteiger partial charge in [-0.05, 0) is 39.0 Å². The van der Waals surface area contributed by atoms with Gasteiger partial charge >= 0.3 is 5.97 Å². The normalized spacial score (nSPS) is 11.6. The number of carbonyl (C=O) groups excluding carboxylic acids is 1. The molecule has 106 valence electrons. The van der Waals surface area contributed by atoms with Gasteiger partial charge in [-0.15, -0.1) is 11.3 Å². The van der Waals surface area contributed by atoms with Crippen LogP contribution in [0.2, 0.25) is 0 Å². The average Bonchev–Trinajstić information content (AvgIpc) is 2.67. The summed E-state index contributed by atoms with van der Waals surface area (Å²) in [6.45, 7) is 4.99.